The van der Waals surface area contributed by atoms with Crippen LogP contribution in [0.2, 0.25) is 0 Å². The average molecular weight is 371 g/mol. The molecule has 28 heavy (non-hydrogen) atoms. The van der Waals surface area contributed by atoms with Gasteiger partial charge in [-0.2, -0.15) is 0 Å². The van der Waals surface area contributed by atoms with Crippen LogP contribution in [0.4, 0.5) is 0 Å². The van der Waals surface area contributed by atoms with Crippen LogP contribution in [-0.2, 0) is 16.6 Å². The lowest BCUT2D eigenvalue weighted by atomic mass is 9.57. The summed E-state index contributed by atoms with van der Waals surface area (Å²) in [5, 5.41) is 0. The molecule has 0 spiro atoms. The van der Waals surface area contributed by atoms with Crippen molar-refractivity contribution in [1.82, 2.24) is 14.5 Å². The molecule has 0 bridgehead atoms. The normalized spacial score (nSPS) is 26.6. The number of carbonyl (C=O) groups excluding carboxylic acids is 1. The summed E-state index contributed by atoms with van der Waals surface area (Å²) in [7, 11) is 0. The molecule has 4 nitrogen and oxygen atoms in total. The third-order valence-electron chi connectivity index (χ3n) is 6.98. The van der Waals surface area contributed by atoms with E-state index in [2.05, 4.69) is 47.7 Å². The van der Waals surface area contributed by atoms with Gasteiger partial charge in [0.2, 0.25) is 0 Å². The summed E-state index contributed by atoms with van der Waals surface area (Å²) in [4.78, 5) is 21.8. The third kappa shape index (κ3) is 2.47. The molecular formula is C24H25N3O. The minimum atomic E-state index is -0.0390. The Balaban J connectivity index is 1.75. The summed E-state index contributed by atoms with van der Waals surface area (Å²) in [6.45, 7) is 4.45. The van der Waals surface area contributed by atoms with Crippen molar-refractivity contribution >= 4 is 5.78 Å². The number of carbonyl (C=O) groups is 1. The van der Waals surface area contributed by atoms with Crippen LogP contribution in [0.1, 0.15) is 44.5 Å². The second kappa shape index (κ2) is 6.40. The SMILES string of the molecule is C[C@H]1C(=O)CC[C@@]2(C)c3nc(-c4ccncc4)n(-c4ccccc4)c3CC[C@H]12. The molecule has 0 radical (unpaired) electrons. The zero-order valence-electron chi connectivity index (χ0n) is 16.4. The Morgan fingerprint density at radius 1 is 1.07 bits per heavy atom. The molecule has 4 heteroatoms. The molecule has 0 N–H and O–H groups in total. The van der Waals surface area contributed by atoms with Crippen molar-refractivity contribution in [2.45, 2.75) is 44.9 Å². The van der Waals surface area contributed by atoms with Crippen molar-refractivity contribution in [2.75, 3.05) is 0 Å². The average Bonchev–Trinajstić information content (AvgIpc) is 3.13. The van der Waals surface area contributed by atoms with Crippen molar-refractivity contribution in [3.8, 4) is 17.1 Å². The van der Waals surface area contributed by atoms with Gasteiger partial charge in [-0.05, 0) is 49.4 Å². The summed E-state index contributed by atoms with van der Waals surface area (Å²) in [6, 6.07) is 14.5. The van der Waals surface area contributed by atoms with Gasteiger partial charge in [-0.25, -0.2) is 4.98 Å². The maximum absolute atomic E-state index is 12.4. The van der Waals surface area contributed by atoms with Crippen LogP contribution in [0.5, 0.6) is 0 Å². The van der Waals surface area contributed by atoms with Gasteiger partial charge in [-0.15, -0.1) is 0 Å². The fraction of sp³-hybridized carbons (Fsp3) is 0.375. The first-order chi connectivity index (χ1) is 13.6. The van der Waals surface area contributed by atoms with Crippen molar-refractivity contribution in [3.63, 3.8) is 0 Å². The monoisotopic (exact) mass is 371 g/mol. The number of fused-ring (bicyclic) bond motifs is 3. The van der Waals surface area contributed by atoms with Crippen molar-refractivity contribution in [1.29, 1.82) is 0 Å². The number of pyridine rings is 1. The lowest BCUT2D eigenvalue weighted by Gasteiger charge is -2.46. The van der Waals surface area contributed by atoms with Crippen LogP contribution < -0.4 is 0 Å². The van der Waals surface area contributed by atoms with Gasteiger partial charge in [-0.3, -0.25) is 14.3 Å². The Bertz CT molecular complexity index is 1020. The number of ketones is 1. The molecule has 0 saturated heterocycles. The van der Waals surface area contributed by atoms with Gasteiger partial charge in [0.15, 0.2) is 0 Å². The van der Waals surface area contributed by atoms with Crippen molar-refractivity contribution < 1.29 is 4.79 Å². The van der Waals surface area contributed by atoms with Crippen LogP contribution >= 0.6 is 0 Å². The Morgan fingerprint density at radius 3 is 2.57 bits per heavy atom. The van der Waals surface area contributed by atoms with Gasteiger partial charge in [0.05, 0.1) is 5.69 Å². The van der Waals surface area contributed by atoms with E-state index in [1.807, 2.05) is 30.6 Å². The van der Waals surface area contributed by atoms with Gasteiger partial charge in [-0.1, -0.05) is 32.0 Å². The maximum Gasteiger partial charge on any atom is 0.145 e. The first-order valence-electron chi connectivity index (χ1n) is 10.2. The number of hydrogen-bond donors (Lipinski definition) is 0. The molecule has 5 rings (SSSR count). The minimum absolute atomic E-state index is 0.0390. The molecule has 0 unspecified atom stereocenters. The Morgan fingerprint density at radius 2 is 1.82 bits per heavy atom. The Kier molecular flexibility index (Phi) is 3.97. The zero-order chi connectivity index (χ0) is 19.3. The summed E-state index contributed by atoms with van der Waals surface area (Å²) in [5.41, 5.74) is 4.68. The number of rotatable bonds is 2. The first-order valence-corrected chi connectivity index (χ1v) is 10.2. The van der Waals surface area contributed by atoms with Crippen LogP contribution in [0, 0.1) is 11.8 Å². The second-order valence-electron chi connectivity index (χ2n) is 8.46. The number of nitrogens with zero attached hydrogens (tertiary/aromatic N) is 3. The third-order valence-corrected chi connectivity index (χ3v) is 6.98. The summed E-state index contributed by atoms with van der Waals surface area (Å²) in [6.07, 6.45) is 7.21. The Hall–Kier alpha value is -2.75. The zero-order valence-corrected chi connectivity index (χ0v) is 16.4. The van der Waals surface area contributed by atoms with Gasteiger partial charge in [0, 0.05) is 47.1 Å². The molecule has 2 aliphatic rings. The molecule has 2 aromatic heterocycles. The van der Waals surface area contributed by atoms with Crippen LogP contribution in [0.15, 0.2) is 54.9 Å². The van der Waals surface area contributed by atoms with E-state index in [4.69, 9.17) is 4.98 Å². The number of para-hydroxylation sites is 1. The van der Waals surface area contributed by atoms with E-state index in [0.717, 1.165) is 36.3 Å². The van der Waals surface area contributed by atoms with E-state index < -0.39 is 0 Å². The molecule has 1 fully saturated rings. The molecule has 2 aliphatic carbocycles. The highest BCUT2D eigenvalue weighted by molar-refractivity contribution is 5.82. The van der Waals surface area contributed by atoms with Gasteiger partial charge >= 0.3 is 0 Å². The summed E-state index contributed by atoms with van der Waals surface area (Å²) < 4.78 is 2.33. The maximum atomic E-state index is 12.4. The molecule has 1 aromatic carbocycles. The lowest BCUT2D eigenvalue weighted by Crippen LogP contribution is -2.47. The van der Waals surface area contributed by atoms with Crippen molar-refractivity contribution in [3.05, 3.63) is 66.2 Å². The van der Waals surface area contributed by atoms with E-state index in [1.54, 1.807) is 0 Å². The second-order valence-corrected chi connectivity index (χ2v) is 8.46. The quantitative estimate of drug-likeness (QED) is 0.653. The molecule has 142 valence electrons. The smallest absolute Gasteiger partial charge is 0.145 e. The number of imidazole rings is 1. The molecular weight excluding hydrogens is 346 g/mol. The summed E-state index contributed by atoms with van der Waals surface area (Å²) in [5.74, 6) is 1.90. The lowest BCUT2D eigenvalue weighted by molar-refractivity contribution is -0.128. The topological polar surface area (TPSA) is 47.8 Å². The van der Waals surface area contributed by atoms with E-state index in [0.29, 0.717) is 18.1 Å². The highest BCUT2D eigenvalue weighted by atomic mass is 16.1. The fourth-order valence-electron chi connectivity index (χ4n) is 5.42. The van der Waals surface area contributed by atoms with Gasteiger partial charge in [0.25, 0.3) is 0 Å². The number of benzene rings is 1. The molecule has 3 atom stereocenters. The summed E-state index contributed by atoms with van der Waals surface area (Å²) >= 11 is 0. The largest absolute Gasteiger partial charge is 0.299 e. The van der Waals surface area contributed by atoms with Crippen molar-refractivity contribution in [2.24, 2.45) is 11.8 Å². The first kappa shape index (κ1) is 17.4. The Labute approximate surface area is 165 Å². The molecule has 0 amide bonds. The number of aromatic nitrogens is 3. The van der Waals surface area contributed by atoms with Crippen LogP contribution in [-0.4, -0.2) is 20.3 Å². The van der Waals surface area contributed by atoms with Gasteiger partial charge < -0.3 is 0 Å². The van der Waals surface area contributed by atoms with E-state index in [1.165, 1.54) is 11.4 Å². The molecule has 3 aromatic rings. The van der Waals surface area contributed by atoms with Crippen LogP contribution in [0.3, 0.4) is 0 Å². The minimum Gasteiger partial charge on any atom is -0.299 e. The van der Waals surface area contributed by atoms with Gasteiger partial charge in [0.1, 0.15) is 11.6 Å². The predicted molar refractivity (Wildman–Crippen MR) is 109 cm³/mol. The molecule has 2 heterocycles. The standard InChI is InChI=1S/C24H25N3O/c1-16-19-8-9-20-22(24(19,2)13-10-21(16)28)26-23(17-11-14-25-15-12-17)27(20)18-6-4-3-5-7-18/h3-7,11-12,14-16,19H,8-10,13H2,1-2H3/t16-,19-,24-/m1/s1. The van der Waals surface area contributed by atoms with Crippen LogP contribution in [0.25, 0.3) is 17.1 Å². The molecule has 0 aliphatic heterocycles. The van der Waals surface area contributed by atoms with E-state index in [9.17, 15) is 4.79 Å². The highest BCUT2D eigenvalue weighted by Gasteiger charge is 2.50. The predicted octanol–water partition coefficient (Wildman–Crippen LogP) is 4.75. The highest BCUT2D eigenvalue weighted by Crippen LogP contribution is 2.51. The fourth-order valence-corrected chi connectivity index (χ4v) is 5.42. The van der Waals surface area contributed by atoms with E-state index >= 15 is 0 Å². The molecule has 1 saturated carbocycles. The van der Waals surface area contributed by atoms with E-state index in [-0.39, 0.29) is 11.3 Å². The number of hydrogen-bond acceptors (Lipinski definition) is 3. The number of Topliss-reactive ketones (excluding diaryl/α,β-unsaturated/α-hetero) is 1.